The Kier molecular flexibility index (Phi) is 10.6. The predicted molar refractivity (Wildman–Crippen MR) is 158 cm³/mol. The highest BCUT2D eigenvalue weighted by Gasteiger charge is 2.20. The first-order chi connectivity index (χ1) is 18.2. The molecule has 0 amide bonds. The summed E-state index contributed by atoms with van der Waals surface area (Å²) >= 11 is 6.49. The molecule has 1 saturated heterocycles. The molecule has 3 aromatic rings. The van der Waals surface area contributed by atoms with Crippen molar-refractivity contribution >= 4 is 45.5 Å². The van der Waals surface area contributed by atoms with Gasteiger partial charge in [-0.1, -0.05) is 45.2 Å². The van der Waals surface area contributed by atoms with Crippen LogP contribution < -0.4 is 20.5 Å². The number of nitrogens with zero attached hydrogens (tertiary/aromatic N) is 3. The molecule has 0 atom stereocenters. The van der Waals surface area contributed by atoms with Crippen molar-refractivity contribution in [2.75, 3.05) is 29.9 Å². The lowest BCUT2D eigenvalue weighted by molar-refractivity contribution is -0.118. The number of halogens is 1. The van der Waals surface area contributed by atoms with Crippen molar-refractivity contribution < 1.29 is 9.53 Å². The fourth-order valence-corrected chi connectivity index (χ4v) is 4.77. The van der Waals surface area contributed by atoms with E-state index >= 15 is 0 Å². The number of piperidine rings is 1. The van der Waals surface area contributed by atoms with Crippen LogP contribution in [0.25, 0.3) is 10.9 Å². The van der Waals surface area contributed by atoms with Gasteiger partial charge in [-0.05, 0) is 63.8 Å². The second-order valence-corrected chi connectivity index (χ2v) is 10.6. The number of ketones is 1. The molecule has 1 aliphatic rings. The number of ether oxygens (including phenoxy) is 1. The standard InChI is InChI=1S/C27H33ClN4O3.C3H8/c1-5-19-8-10-31(11-9-19)26-14-23(22(28)15-29-26)30-21-6-7-24-20(12-21)13-25(35-16-18(4)33)27(34)32(24)17(2)3;1-3-2/h6-7,12-15,17,19H,5,8-11,16H2,1-4H3,(H,29,30);3H2,1-2H3. The summed E-state index contributed by atoms with van der Waals surface area (Å²) in [6.07, 6.45) is 6.53. The zero-order valence-electron chi connectivity index (χ0n) is 23.5. The first-order valence-corrected chi connectivity index (χ1v) is 14.0. The summed E-state index contributed by atoms with van der Waals surface area (Å²) in [5.41, 5.74) is 2.15. The molecule has 3 heterocycles. The Morgan fingerprint density at radius 1 is 1.16 bits per heavy atom. The minimum absolute atomic E-state index is 0.0706. The number of carbonyl (C=O) groups excluding carboxylic acids is 1. The summed E-state index contributed by atoms with van der Waals surface area (Å²) in [5.74, 6) is 1.73. The number of hydrogen-bond donors (Lipinski definition) is 1. The van der Waals surface area contributed by atoms with Crippen LogP contribution in [-0.4, -0.2) is 35.0 Å². The third kappa shape index (κ3) is 7.28. The first-order valence-electron chi connectivity index (χ1n) is 13.7. The maximum atomic E-state index is 13.0. The highest BCUT2D eigenvalue weighted by atomic mass is 35.5. The van der Waals surface area contributed by atoms with E-state index < -0.39 is 0 Å². The number of pyridine rings is 2. The van der Waals surface area contributed by atoms with Gasteiger partial charge in [-0.15, -0.1) is 0 Å². The van der Waals surface area contributed by atoms with E-state index in [1.54, 1.807) is 16.8 Å². The molecular formula is C30H41ClN4O3. The van der Waals surface area contributed by atoms with Gasteiger partial charge in [0.1, 0.15) is 12.4 Å². The van der Waals surface area contributed by atoms with Crippen LogP contribution in [0.15, 0.2) is 41.3 Å². The van der Waals surface area contributed by atoms with Crippen LogP contribution in [0, 0.1) is 5.92 Å². The third-order valence-corrected chi connectivity index (χ3v) is 6.89. The number of Topliss-reactive ketones (excluding diaryl/α,β-unsaturated/α-hetero) is 1. The number of carbonyl (C=O) groups is 1. The molecule has 8 heteroatoms. The van der Waals surface area contributed by atoms with Gasteiger partial charge < -0.3 is 19.5 Å². The summed E-state index contributed by atoms with van der Waals surface area (Å²) in [6, 6.07) is 9.42. The SMILES string of the molecule is CCC.CCC1CCN(c2cc(Nc3ccc4c(c3)cc(OCC(C)=O)c(=O)n4C(C)C)c(Cl)cn2)CC1. The summed E-state index contributed by atoms with van der Waals surface area (Å²) in [4.78, 5) is 31.3. The molecule has 2 aromatic heterocycles. The molecule has 0 saturated carbocycles. The fraction of sp³-hybridized carbons (Fsp3) is 0.500. The van der Waals surface area contributed by atoms with Gasteiger partial charge in [0.15, 0.2) is 11.5 Å². The van der Waals surface area contributed by atoms with E-state index in [2.05, 4.69) is 36.0 Å². The Morgan fingerprint density at radius 3 is 2.45 bits per heavy atom. The molecule has 0 spiro atoms. The average molecular weight is 541 g/mol. The molecular weight excluding hydrogens is 500 g/mol. The number of fused-ring (bicyclic) bond motifs is 1. The Balaban J connectivity index is 0.00000127. The van der Waals surface area contributed by atoms with Crippen molar-refractivity contribution in [3.05, 3.63) is 51.9 Å². The Labute approximate surface area is 231 Å². The zero-order valence-corrected chi connectivity index (χ0v) is 24.3. The van der Waals surface area contributed by atoms with Crippen molar-refractivity contribution in [2.45, 2.75) is 73.3 Å². The number of aromatic nitrogens is 2. The molecule has 0 aliphatic carbocycles. The lowest BCUT2D eigenvalue weighted by Crippen LogP contribution is -2.34. The smallest absolute Gasteiger partial charge is 0.293 e. The number of hydrogen-bond acceptors (Lipinski definition) is 6. The van der Waals surface area contributed by atoms with Crippen LogP contribution in [-0.2, 0) is 4.79 Å². The van der Waals surface area contributed by atoms with E-state index in [0.717, 1.165) is 47.1 Å². The monoisotopic (exact) mass is 540 g/mol. The molecule has 0 unspecified atom stereocenters. The van der Waals surface area contributed by atoms with Crippen molar-refractivity contribution in [1.82, 2.24) is 9.55 Å². The Morgan fingerprint density at radius 2 is 1.84 bits per heavy atom. The molecule has 0 bridgehead atoms. The van der Waals surface area contributed by atoms with Crippen molar-refractivity contribution in [3.63, 3.8) is 0 Å². The fourth-order valence-electron chi connectivity index (χ4n) is 4.62. The van der Waals surface area contributed by atoms with Crippen molar-refractivity contribution in [1.29, 1.82) is 0 Å². The summed E-state index contributed by atoms with van der Waals surface area (Å²) in [5, 5.41) is 4.78. The van der Waals surface area contributed by atoms with E-state index in [1.807, 2.05) is 38.1 Å². The maximum absolute atomic E-state index is 13.0. The van der Waals surface area contributed by atoms with Gasteiger partial charge >= 0.3 is 0 Å². The molecule has 0 radical (unpaired) electrons. The molecule has 1 aliphatic heterocycles. The highest BCUT2D eigenvalue weighted by Crippen LogP contribution is 2.32. The van der Waals surface area contributed by atoms with Crippen LogP contribution in [0.1, 0.15) is 73.3 Å². The van der Waals surface area contributed by atoms with Crippen LogP contribution in [0.2, 0.25) is 5.02 Å². The van der Waals surface area contributed by atoms with Gasteiger partial charge in [0.25, 0.3) is 5.56 Å². The Hall–Kier alpha value is -3.06. The average Bonchev–Trinajstić information content (AvgIpc) is 2.89. The van der Waals surface area contributed by atoms with E-state index in [1.165, 1.54) is 32.6 Å². The largest absolute Gasteiger partial charge is 0.480 e. The number of benzene rings is 1. The van der Waals surface area contributed by atoms with Gasteiger partial charge in [-0.25, -0.2) is 4.98 Å². The Bertz CT molecular complexity index is 1300. The van der Waals surface area contributed by atoms with Gasteiger partial charge in [0, 0.05) is 36.3 Å². The molecule has 38 heavy (non-hydrogen) atoms. The minimum Gasteiger partial charge on any atom is -0.480 e. The first kappa shape index (κ1) is 29.5. The molecule has 206 valence electrons. The van der Waals surface area contributed by atoms with E-state index in [0.29, 0.717) is 5.02 Å². The third-order valence-electron chi connectivity index (χ3n) is 6.59. The minimum atomic E-state index is -0.247. The van der Waals surface area contributed by atoms with Gasteiger partial charge in [-0.3, -0.25) is 9.59 Å². The quantitative estimate of drug-likeness (QED) is 0.321. The van der Waals surface area contributed by atoms with Crippen LogP contribution in [0.4, 0.5) is 17.2 Å². The van der Waals surface area contributed by atoms with E-state index in [9.17, 15) is 9.59 Å². The number of nitrogens with one attached hydrogen (secondary N) is 1. The van der Waals surface area contributed by atoms with E-state index in [4.69, 9.17) is 16.3 Å². The normalized spacial score (nSPS) is 13.8. The van der Waals surface area contributed by atoms with Gasteiger partial charge in [0.05, 0.1) is 22.4 Å². The molecule has 7 nitrogen and oxygen atoms in total. The van der Waals surface area contributed by atoms with Crippen molar-refractivity contribution in [3.8, 4) is 5.75 Å². The highest BCUT2D eigenvalue weighted by molar-refractivity contribution is 6.33. The number of anilines is 3. The summed E-state index contributed by atoms with van der Waals surface area (Å²) in [6.45, 7) is 13.7. The second kappa shape index (κ2) is 13.7. The predicted octanol–water partition coefficient (Wildman–Crippen LogP) is 7.38. The van der Waals surface area contributed by atoms with Crippen LogP contribution in [0.3, 0.4) is 0 Å². The van der Waals surface area contributed by atoms with Crippen molar-refractivity contribution in [2.24, 2.45) is 5.92 Å². The van der Waals surface area contributed by atoms with Crippen LogP contribution >= 0.6 is 11.6 Å². The maximum Gasteiger partial charge on any atom is 0.293 e. The van der Waals surface area contributed by atoms with Gasteiger partial charge in [-0.2, -0.15) is 0 Å². The number of rotatable bonds is 8. The zero-order chi connectivity index (χ0) is 27.8. The molecule has 4 rings (SSSR count). The lowest BCUT2D eigenvalue weighted by Gasteiger charge is -2.32. The summed E-state index contributed by atoms with van der Waals surface area (Å²) < 4.78 is 7.22. The lowest BCUT2D eigenvalue weighted by atomic mass is 9.94. The molecule has 1 fully saturated rings. The molecule has 1 aromatic carbocycles. The van der Waals surface area contributed by atoms with E-state index in [-0.39, 0.29) is 29.7 Å². The van der Waals surface area contributed by atoms with Crippen LogP contribution in [0.5, 0.6) is 5.75 Å². The van der Waals surface area contributed by atoms with Gasteiger partial charge in [0.2, 0.25) is 0 Å². The topological polar surface area (TPSA) is 76.5 Å². The summed E-state index contributed by atoms with van der Waals surface area (Å²) in [7, 11) is 0. The molecule has 1 N–H and O–H groups in total. The second-order valence-electron chi connectivity index (χ2n) is 10.2.